The first-order valence-corrected chi connectivity index (χ1v) is 10.1. The fourth-order valence-corrected chi connectivity index (χ4v) is 3.68. The van der Waals surface area contributed by atoms with Crippen LogP contribution in [-0.4, -0.2) is 33.0 Å². The van der Waals surface area contributed by atoms with Crippen molar-refractivity contribution in [2.75, 3.05) is 5.75 Å². The molecule has 2 atom stereocenters. The lowest BCUT2D eigenvalue weighted by atomic mass is 9.86. The average molecular weight is 388 g/mol. The number of rotatable bonds is 7. The van der Waals surface area contributed by atoms with Crippen LogP contribution in [0.5, 0.6) is 0 Å². The molecule has 0 saturated heterocycles. The molecule has 2 aromatic carbocycles. The van der Waals surface area contributed by atoms with Crippen LogP contribution in [0.1, 0.15) is 43.1 Å². The summed E-state index contributed by atoms with van der Waals surface area (Å²) in [7, 11) is -1.31. The third kappa shape index (κ3) is 6.03. The summed E-state index contributed by atoms with van der Waals surface area (Å²) in [6.07, 6.45) is 0.0860. The second kappa shape index (κ2) is 8.95. The fraction of sp³-hybridized carbons (Fsp3) is 0.333. The molecule has 1 amide bonds. The molecule has 2 aromatic rings. The Bertz CT molecular complexity index is 810. The maximum atomic E-state index is 12.4. The second-order valence-corrected chi connectivity index (χ2v) is 8.91. The number of aliphatic carboxylic acids is 1. The average Bonchev–Trinajstić information content (AvgIpc) is 2.64. The zero-order chi connectivity index (χ0) is 20.0. The van der Waals surface area contributed by atoms with E-state index in [1.54, 1.807) is 36.4 Å². The summed E-state index contributed by atoms with van der Waals surface area (Å²) in [4.78, 5) is 24.5. The van der Waals surface area contributed by atoms with Gasteiger partial charge in [0.2, 0.25) is 0 Å². The summed E-state index contributed by atoms with van der Waals surface area (Å²) < 4.78 is 12.3. The number of amides is 1. The van der Waals surface area contributed by atoms with Crippen molar-refractivity contribution in [2.24, 2.45) is 0 Å². The summed E-state index contributed by atoms with van der Waals surface area (Å²) in [5, 5.41) is 11.9. The number of benzene rings is 2. The molecule has 0 fully saturated rings. The van der Waals surface area contributed by atoms with Crippen LogP contribution in [0.15, 0.2) is 59.5 Å². The number of hydrogen-bond donors (Lipinski definition) is 2. The molecule has 2 N–H and O–H groups in total. The maximum Gasteiger partial charge on any atom is 0.326 e. The first kappa shape index (κ1) is 20.8. The standard InChI is InChI=1S/C21H25NO4S/c1-21(2,3)16-11-9-15(10-12-16)19(23)22-18(20(24)25)13-14-27(26)17-7-5-4-6-8-17/h4-12,18H,13-14H2,1-3H3,(H,22,23)(H,24,25)/t18-,27-/m1/s1. The molecule has 0 spiro atoms. The first-order valence-electron chi connectivity index (χ1n) is 8.76. The van der Waals surface area contributed by atoms with Gasteiger partial charge in [-0.2, -0.15) is 0 Å². The number of carboxylic acid groups (broad SMARTS) is 1. The lowest BCUT2D eigenvalue weighted by Crippen LogP contribution is -2.41. The minimum absolute atomic E-state index is 0.0277. The van der Waals surface area contributed by atoms with Crippen LogP contribution >= 0.6 is 0 Å². The molecule has 0 aliphatic rings. The number of carbonyl (C=O) groups excluding carboxylic acids is 1. The zero-order valence-corrected chi connectivity index (χ0v) is 16.6. The molecule has 0 aromatic heterocycles. The van der Waals surface area contributed by atoms with Crippen molar-refractivity contribution in [3.63, 3.8) is 0 Å². The van der Waals surface area contributed by atoms with E-state index < -0.39 is 28.7 Å². The van der Waals surface area contributed by atoms with Crippen LogP contribution in [0.3, 0.4) is 0 Å². The van der Waals surface area contributed by atoms with Gasteiger partial charge in [-0.1, -0.05) is 51.1 Å². The number of carbonyl (C=O) groups is 2. The minimum Gasteiger partial charge on any atom is -0.480 e. The van der Waals surface area contributed by atoms with Crippen LogP contribution in [-0.2, 0) is 21.0 Å². The molecule has 0 radical (unpaired) electrons. The van der Waals surface area contributed by atoms with Gasteiger partial charge in [0.1, 0.15) is 6.04 Å². The van der Waals surface area contributed by atoms with Crippen LogP contribution < -0.4 is 5.32 Å². The van der Waals surface area contributed by atoms with Crippen molar-refractivity contribution in [3.05, 3.63) is 65.7 Å². The highest BCUT2D eigenvalue weighted by Crippen LogP contribution is 2.22. The second-order valence-electron chi connectivity index (χ2n) is 7.34. The normalized spacial score (nSPS) is 13.6. The van der Waals surface area contributed by atoms with Crippen molar-refractivity contribution in [1.29, 1.82) is 0 Å². The van der Waals surface area contributed by atoms with E-state index >= 15 is 0 Å². The van der Waals surface area contributed by atoms with Gasteiger partial charge in [0, 0.05) is 16.2 Å². The van der Waals surface area contributed by atoms with Crippen LogP contribution in [0, 0.1) is 0 Å². The lowest BCUT2D eigenvalue weighted by Gasteiger charge is -2.19. The van der Waals surface area contributed by atoms with Gasteiger partial charge in [0.15, 0.2) is 0 Å². The van der Waals surface area contributed by atoms with Crippen molar-refractivity contribution < 1.29 is 18.9 Å². The van der Waals surface area contributed by atoms with Gasteiger partial charge in [-0.3, -0.25) is 9.00 Å². The molecule has 0 aliphatic heterocycles. The van der Waals surface area contributed by atoms with E-state index in [-0.39, 0.29) is 17.6 Å². The molecule has 5 nitrogen and oxygen atoms in total. The third-order valence-corrected chi connectivity index (χ3v) is 5.62. The van der Waals surface area contributed by atoms with E-state index in [1.165, 1.54) is 0 Å². The summed E-state index contributed by atoms with van der Waals surface area (Å²) in [6.45, 7) is 6.24. The largest absolute Gasteiger partial charge is 0.480 e. The van der Waals surface area contributed by atoms with E-state index in [9.17, 15) is 18.9 Å². The van der Waals surface area contributed by atoms with E-state index in [4.69, 9.17) is 0 Å². The smallest absolute Gasteiger partial charge is 0.326 e. The van der Waals surface area contributed by atoms with Gasteiger partial charge in [-0.05, 0) is 41.7 Å². The SMILES string of the molecule is CC(C)(C)c1ccc(C(=O)N[C@H](CC[S@@](=O)c2ccccc2)C(=O)O)cc1. The Morgan fingerprint density at radius 2 is 1.63 bits per heavy atom. The molecule has 27 heavy (non-hydrogen) atoms. The van der Waals surface area contributed by atoms with E-state index in [0.29, 0.717) is 10.5 Å². The third-order valence-electron chi connectivity index (χ3n) is 4.21. The number of nitrogens with one attached hydrogen (secondary N) is 1. The quantitative estimate of drug-likeness (QED) is 0.763. The molecule has 0 bridgehead atoms. The van der Waals surface area contributed by atoms with Gasteiger partial charge < -0.3 is 10.4 Å². The van der Waals surface area contributed by atoms with Crippen molar-refractivity contribution >= 4 is 22.7 Å². The Labute approximate surface area is 162 Å². The highest BCUT2D eigenvalue weighted by molar-refractivity contribution is 7.85. The minimum atomic E-state index is -1.31. The summed E-state index contributed by atoms with van der Waals surface area (Å²) in [5.74, 6) is -1.43. The van der Waals surface area contributed by atoms with Crippen molar-refractivity contribution in [3.8, 4) is 0 Å². The van der Waals surface area contributed by atoms with Crippen LogP contribution in [0.25, 0.3) is 0 Å². The van der Waals surface area contributed by atoms with E-state index in [1.807, 2.05) is 18.2 Å². The summed E-state index contributed by atoms with van der Waals surface area (Å²) >= 11 is 0. The molecule has 0 saturated carbocycles. The predicted molar refractivity (Wildman–Crippen MR) is 106 cm³/mol. The van der Waals surface area contributed by atoms with Gasteiger partial charge in [-0.25, -0.2) is 4.79 Å². The Balaban J connectivity index is 2.00. The Hall–Kier alpha value is -2.47. The zero-order valence-electron chi connectivity index (χ0n) is 15.8. The molecular weight excluding hydrogens is 362 g/mol. The molecule has 2 rings (SSSR count). The Kier molecular flexibility index (Phi) is 6.91. The Morgan fingerprint density at radius 3 is 2.15 bits per heavy atom. The summed E-state index contributed by atoms with van der Waals surface area (Å²) in [6, 6.07) is 14.9. The van der Waals surface area contributed by atoms with E-state index in [0.717, 1.165) is 5.56 Å². The van der Waals surface area contributed by atoms with Gasteiger partial charge in [0.05, 0.1) is 10.8 Å². The molecule has 6 heteroatoms. The van der Waals surface area contributed by atoms with Gasteiger partial charge in [-0.15, -0.1) is 0 Å². The maximum absolute atomic E-state index is 12.4. The lowest BCUT2D eigenvalue weighted by molar-refractivity contribution is -0.139. The van der Waals surface area contributed by atoms with Crippen molar-refractivity contribution in [2.45, 2.75) is 43.5 Å². The molecule has 0 heterocycles. The number of hydrogen-bond acceptors (Lipinski definition) is 3. The first-order chi connectivity index (χ1) is 12.7. The highest BCUT2D eigenvalue weighted by Gasteiger charge is 2.22. The van der Waals surface area contributed by atoms with Crippen molar-refractivity contribution in [1.82, 2.24) is 5.32 Å². The monoisotopic (exact) mass is 387 g/mol. The Morgan fingerprint density at radius 1 is 1.04 bits per heavy atom. The topological polar surface area (TPSA) is 83.5 Å². The molecule has 0 unspecified atom stereocenters. The molecular formula is C21H25NO4S. The van der Waals surface area contributed by atoms with Gasteiger partial charge in [0.25, 0.3) is 5.91 Å². The van der Waals surface area contributed by atoms with Crippen LogP contribution in [0.4, 0.5) is 0 Å². The van der Waals surface area contributed by atoms with E-state index in [2.05, 4.69) is 26.1 Å². The molecule has 0 aliphatic carbocycles. The molecule has 144 valence electrons. The highest BCUT2D eigenvalue weighted by atomic mass is 32.2. The van der Waals surface area contributed by atoms with Gasteiger partial charge >= 0.3 is 5.97 Å². The predicted octanol–water partition coefficient (Wildman–Crippen LogP) is 3.37. The number of carboxylic acids is 1. The summed E-state index contributed by atoms with van der Waals surface area (Å²) in [5.41, 5.74) is 1.46. The van der Waals surface area contributed by atoms with Crippen LogP contribution in [0.2, 0.25) is 0 Å². The fourth-order valence-electron chi connectivity index (χ4n) is 2.54.